The molecule has 5 atom stereocenters. The molecule has 1 N–H and O–H groups in total. The first-order valence-corrected chi connectivity index (χ1v) is 9.83. The quantitative estimate of drug-likeness (QED) is 0.430. The molecule has 10 heteroatoms. The van der Waals surface area contributed by atoms with Crippen molar-refractivity contribution in [1.29, 1.82) is 0 Å². The molecule has 3 aliphatic heterocycles. The minimum absolute atomic E-state index is 0.0947. The van der Waals surface area contributed by atoms with Crippen molar-refractivity contribution in [2.24, 2.45) is 0 Å². The summed E-state index contributed by atoms with van der Waals surface area (Å²) < 4.78 is 20.8. The highest BCUT2D eigenvalue weighted by Gasteiger charge is 2.57. The SMILES string of the molecule is Cc1nc2c3c(ncc(F)c3c1C=O)OC(C)C1C3CCC(C(Cl)N21)N3C(=O)O. The van der Waals surface area contributed by atoms with E-state index in [1.807, 2.05) is 11.8 Å². The van der Waals surface area contributed by atoms with E-state index in [9.17, 15) is 19.1 Å². The lowest BCUT2D eigenvalue weighted by molar-refractivity contribution is 0.0655. The molecule has 2 saturated heterocycles. The van der Waals surface area contributed by atoms with Crippen molar-refractivity contribution in [2.75, 3.05) is 4.90 Å². The molecule has 152 valence electrons. The summed E-state index contributed by atoms with van der Waals surface area (Å²) in [6.45, 7) is 3.45. The van der Waals surface area contributed by atoms with Crippen LogP contribution in [0.3, 0.4) is 0 Å². The Morgan fingerprint density at radius 1 is 1.38 bits per heavy atom. The average Bonchev–Trinajstić information content (AvgIpc) is 3.00. The normalized spacial score (nSPS) is 30.0. The molecule has 2 bridgehead atoms. The molecular formula is C19H18ClFN4O4. The molecule has 29 heavy (non-hydrogen) atoms. The molecule has 0 spiro atoms. The van der Waals surface area contributed by atoms with E-state index in [2.05, 4.69) is 9.97 Å². The number of hydrogen-bond acceptors (Lipinski definition) is 6. The van der Waals surface area contributed by atoms with E-state index in [0.29, 0.717) is 36.0 Å². The number of pyridine rings is 2. The number of ether oxygens (including phenoxy) is 1. The van der Waals surface area contributed by atoms with Crippen LogP contribution in [0.15, 0.2) is 6.20 Å². The molecule has 2 aromatic heterocycles. The van der Waals surface area contributed by atoms with Gasteiger partial charge < -0.3 is 14.7 Å². The number of hydrogen-bond donors (Lipinski definition) is 1. The van der Waals surface area contributed by atoms with Crippen LogP contribution in [0, 0.1) is 12.7 Å². The van der Waals surface area contributed by atoms with E-state index >= 15 is 0 Å². The first kappa shape index (κ1) is 18.4. The number of amides is 1. The molecule has 2 fully saturated rings. The lowest BCUT2D eigenvalue weighted by atomic mass is 9.97. The topological polar surface area (TPSA) is 95.9 Å². The Labute approximate surface area is 170 Å². The van der Waals surface area contributed by atoms with Crippen LogP contribution in [0.2, 0.25) is 0 Å². The zero-order chi connectivity index (χ0) is 20.6. The summed E-state index contributed by atoms with van der Waals surface area (Å²) in [4.78, 5) is 35.5. The third-order valence-corrected chi connectivity index (χ3v) is 6.79. The highest BCUT2D eigenvalue weighted by molar-refractivity contribution is 6.23. The predicted molar refractivity (Wildman–Crippen MR) is 102 cm³/mol. The van der Waals surface area contributed by atoms with E-state index in [1.54, 1.807) is 6.92 Å². The summed E-state index contributed by atoms with van der Waals surface area (Å²) in [7, 11) is 0. The van der Waals surface area contributed by atoms with Crippen molar-refractivity contribution >= 4 is 40.6 Å². The second-order valence-electron chi connectivity index (χ2n) is 7.71. The number of carboxylic acid groups (broad SMARTS) is 1. The molecule has 0 aliphatic carbocycles. The Bertz CT molecular complexity index is 1070. The Morgan fingerprint density at radius 3 is 2.79 bits per heavy atom. The van der Waals surface area contributed by atoms with Gasteiger partial charge in [-0.05, 0) is 26.7 Å². The van der Waals surface area contributed by atoms with Gasteiger partial charge in [0.2, 0.25) is 5.88 Å². The number of anilines is 1. The van der Waals surface area contributed by atoms with E-state index in [-0.39, 0.29) is 22.9 Å². The standard InChI is InChI=1S/C19H18ClFN4O4/c1-7-9(6-26)13-10(21)5-22-18-14(13)17(23-7)25-15(8(2)29-18)11-3-4-12(16(25)20)24(11)19(27)28/h5-6,8,11-12,15-16H,3-4H2,1-2H3,(H,27,28). The van der Waals surface area contributed by atoms with Gasteiger partial charge in [0.05, 0.1) is 35.4 Å². The van der Waals surface area contributed by atoms with Gasteiger partial charge in [0, 0.05) is 10.9 Å². The maximum Gasteiger partial charge on any atom is 0.407 e. The Morgan fingerprint density at radius 2 is 2.10 bits per heavy atom. The van der Waals surface area contributed by atoms with Gasteiger partial charge in [0.1, 0.15) is 17.4 Å². The highest BCUT2D eigenvalue weighted by atomic mass is 35.5. The molecule has 1 amide bonds. The van der Waals surface area contributed by atoms with Crippen molar-refractivity contribution < 1.29 is 23.8 Å². The maximum atomic E-state index is 14.8. The van der Waals surface area contributed by atoms with Crippen LogP contribution in [0.25, 0.3) is 10.8 Å². The van der Waals surface area contributed by atoms with Gasteiger partial charge in [-0.3, -0.25) is 9.69 Å². The van der Waals surface area contributed by atoms with Crippen LogP contribution in [-0.2, 0) is 0 Å². The van der Waals surface area contributed by atoms with Crippen molar-refractivity contribution in [1.82, 2.24) is 14.9 Å². The fourth-order valence-electron chi connectivity index (χ4n) is 5.15. The first-order valence-electron chi connectivity index (χ1n) is 9.39. The molecule has 8 nitrogen and oxygen atoms in total. The van der Waals surface area contributed by atoms with Gasteiger partial charge in [0.15, 0.2) is 12.1 Å². The fraction of sp³-hybridized carbons (Fsp3) is 0.474. The van der Waals surface area contributed by atoms with Crippen molar-refractivity contribution in [3.63, 3.8) is 0 Å². The van der Waals surface area contributed by atoms with E-state index < -0.39 is 35.6 Å². The number of aromatic nitrogens is 2. The van der Waals surface area contributed by atoms with E-state index in [1.165, 1.54) is 4.90 Å². The fourth-order valence-corrected chi connectivity index (χ4v) is 5.62. The third-order valence-electron chi connectivity index (χ3n) is 6.29. The lowest BCUT2D eigenvalue weighted by Crippen LogP contribution is -2.67. The van der Waals surface area contributed by atoms with Crippen molar-refractivity contribution in [3.8, 4) is 5.88 Å². The summed E-state index contributed by atoms with van der Waals surface area (Å²) in [6.07, 6.45) is 1.35. The summed E-state index contributed by atoms with van der Waals surface area (Å²) in [5.41, 5.74) is -0.214. The molecule has 0 radical (unpaired) electrons. The molecule has 3 aliphatic rings. The van der Waals surface area contributed by atoms with Gasteiger partial charge in [-0.1, -0.05) is 11.6 Å². The smallest absolute Gasteiger partial charge is 0.407 e. The number of alkyl halides is 1. The summed E-state index contributed by atoms with van der Waals surface area (Å²) in [6, 6.07) is -1.19. The average molecular weight is 421 g/mol. The molecular weight excluding hydrogens is 403 g/mol. The van der Waals surface area contributed by atoms with Crippen LogP contribution in [0.4, 0.5) is 15.0 Å². The molecule has 5 rings (SSSR count). The monoisotopic (exact) mass is 420 g/mol. The zero-order valence-corrected chi connectivity index (χ0v) is 16.4. The largest absolute Gasteiger partial charge is 0.472 e. The van der Waals surface area contributed by atoms with Crippen LogP contribution in [0.1, 0.15) is 35.8 Å². The third kappa shape index (κ3) is 2.30. The van der Waals surface area contributed by atoms with E-state index in [0.717, 1.165) is 6.20 Å². The number of rotatable bonds is 1. The molecule has 0 aromatic carbocycles. The summed E-state index contributed by atoms with van der Waals surface area (Å²) in [5, 5.41) is 10.1. The van der Waals surface area contributed by atoms with Gasteiger partial charge in [-0.2, -0.15) is 0 Å². The second-order valence-corrected chi connectivity index (χ2v) is 8.16. The zero-order valence-electron chi connectivity index (χ0n) is 15.7. The minimum atomic E-state index is -1.02. The number of aryl methyl sites for hydroxylation is 1. The first-order chi connectivity index (χ1) is 13.8. The van der Waals surface area contributed by atoms with Gasteiger partial charge in [-0.25, -0.2) is 19.2 Å². The van der Waals surface area contributed by atoms with E-state index in [4.69, 9.17) is 16.3 Å². The number of carbonyl (C=O) groups is 2. The number of halogens is 2. The Balaban J connectivity index is 1.82. The van der Waals surface area contributed by atoms with Crippen LogP contribution >= 0.6 is 11.6 Å². The van der Waals surface area contributed by atoms with Gasteiger partial charge >= 0.3 is 6.09 Å². The number of aldehydes is 1. The van der Waals surface area contributed by atoms with Gasteiger partial charge in [0.25, 0.3) is 0 Å². The highest BCUT2D eigenvalue weighted by Crippen LogP contribution is 2.48. The minimum Gasteiger partial charge on any atom is -0.472 e. The molecule has 0 saturated carbocycles. The number of piperazine rings is 1. The Kier molecular flexibility index (Phi) is 3.90. The van der Waals surface area contributed by atoms with Gasteiger partial charge in [-0.15, -0.1) is 0 Å². The van der Waals surface area contributed by atoms with Crippen LogP contribution in [0.5, 0.6) is 5.88 Å². The summed E-state index contributed by atoms with van der Waals surface area (Å²) in [5.74, 6) is -0.109. The second kappa shape index (κ2) is 6.16. The number of carbonyl (C=O) groups excluding carboxylic acids is 1. The Hall–Kier alpha value is -2.68. The lowest BCUT2D eigenvalue weighted by Gasteiger charge is -2.50. The summed E-state index contributed by atoms with van der Waals surface area (Å²) >= 11 is 6.82. The maximum absolute atomic E-state index is 14.8. The molecule has 5 heterocycles. The van der Waals surface area contributed by atoms with Crippen LogP contribution in [-0.4, -0.2) is 62.1 Å². The molecule has 2 aromatic rings. The van der Waals surface area contributed by atoms with Crippen molar-refractivity contribution in [3.05, 3.63) is 23.3 Å². The van der Waals surface area contributed by atoms with Crippen LogP contribution < -0.4 is 9.64 Å². The number of fused-ring (bicyclic) bond motifs is 5. The predicted octanol–water partition coefficient (Wildman–Crippen LogP) is 2.94. The van der Waals surface area contributed by atoms with Crippen molar-refractivity contribution in [2.45, 2.75) is 56.4 Å². The number of nitrogens with zero attached hydrogens (tertiary/aromatic N) is 4. The molecule has 5 unspecified atom stereocenters.